The van der Waals surface area contributed by atoms with Gasteiger partial charge < -0.3 is 14.4 Å². The number of rotatable bonds is 6. The second-order valence-electron chi connectivity index (χ2n) is 9.13. The summed E-state index contributed by atoms with van der Waals surface area (Å²) in [5.74, 6) is 0.893. The van der Waals surface area contributed by atoms with E-state index in [1.54, 1.807) is 6.20 Å². The number of carbonyl (C=O) groups excluding carboxylic acids is 1. The normalized spacial score (nSPS) is 13.8. The largest absolute Gasteiger partial charge is 0.353 e. The van der Waals surface area contributed by atoms with Gasteiger partial charge in [0.1, 0.15) is 5.82 Å². The fourth-order valence-corrected chi connectivity index (χ4v) is 4.72. The molecule has 2 aromatic carbocycles. The van der Waals surface area contributed by atoms with Gasteiger partial charge in [-0.2, -0.15) is 0 Å². The lowest BCUT2D eigenvalue weighted by atomic mass is 10.1. The average Bonchev–Trinajstić information content (AvgIpc) is 2.92. The molecule has 1 saturated heterocycles. The molecule has 3 heterocycles. The Balaban J connectivity index is 1.32. The van der Waals surface area contributed by atoms with Crippen molar-refractivity contribution >= 4 is 22.8 Å². The van der Waals surface area contributed by atoms with E-state index < -0.39 is 11.1 Å². The molecule has 1 aliphatic rings. The number of anilines is 1. The number of pyridine rings is 1. The molecule has 0 bridgehead atoms. The highest BCUT2D eigenvalue weighted by molar-refractivity contribution is 5.78. The van der Waals surface area contributed by atoms with Crippen molar-refractivity contribution in [1.29, 1.82) is 0 Å². The van der Waals surface area contributed by atoms with Gasteiger partial charge in [0.25, 0.3) is 0 Å². The minimum absolute atomic E-state index is 0.0181. The molecule has 8 heteroatoms. The highest BCUT2D eigenvalue weighted by Gasteiger charge is 2.22. The molecule has 0 spiro atoms. The van der Waals surface area contributed by atoms with E-state index in [9.17, 15) is 14.4 Å². The molecule has 5 rings (SSSR count). The third kappa shape index (κ3) is 4.79. The number of amides is 1. The Kier molecular flexibility index (Phi) is 6.66. The summed E-state index contributed by atoms with van der Waals surface area (Å²) in [6, 6.07) is 21.1. The van der Waals surface area contributed by atoms with Gasteiger partial charge in [0.15, 0.2) is 0 Å². The Bertz CT molecular complexity index is 1480. The van der Waals surface area contributed by atoms with Crippen LogP contribution < -0.4 is 16.0 Å². The first-order chi connectivity index (χ1) is 17.5. The van der Waals surface area contributed by atoms with Gasteiger partial charge in [-0.05, 0) is 36.8 Å². The minimum Gasteiger partial charge on any atom is -0.353 e. The predicted octanol–water partition coefficient (Wildman–Crippen LogP) is 2.65. The summed E-state index contributed by atoms with van der Waals surface area (Å²) >= 11 is 0. The maximum atomic E-state index is 13.1. The van der Waals surface area contributed by atoms with Gasteiger partial charge in [-0.15, -0.1) is 0 Å². The predicted molar refractivity (Wildman–Crippen MR) is 140 cm³/mol. The van der Waals surface area contributed by atoms with Gasteiger partial charge in [0.05, 0.1) is 17.6 Å². The molecule has 0 atom stereocenters. The van der Waals surface area contributed by atoms with Crippen LogP contribution in [-0.4, -0.2) is 51.1 Å². The molecule has 2 aromatic heterocycles. The molecule has 1 aliphatic heterocycles. The lowest BCUT2D eigenvalue weighted by molar-refractivity contribution is -0.131. The molecule has 0 unspecified atom stereocenters. The molecule has 184 valence electrons. The zero-order chi connectivity index (χ0) is 25.1. The molecule has 4 aromatic rings. The zero-order valence-electron chi connectivity index (χ0n) is 20.3. The third-order valence-electron chi connectivity index (χ3n) is 6.75. The topological polar surface area (TPSA) is 80.4 Å². The summed E-state index contributed by atoms with van der Waals surface area (Å²) in [6.07, 6.45) is 1.93. The summed E-state index contributed by atoms with van der Waals surface area (Å²) < 4.78 is 2.98. The molecule has 0 saturated carbocycles. The van der Waals surface area contributed by atoms with Crippen LogP contribution in [0.5, 0.6) is 0 Å². The van der Waals surface area contributed by atoms with Crippen molar-refractivity contribution in [2.75, 3.05) is 31.1 Å². The molecule has 0 aliphatic carbocycles. The second-order valence-corrected chi connectivity index (χ2v) is 9.13. The third-order valence-corrected chi connectivity index (χ3v) is 6.75. The number of piperazine rings is 1. The van der Waals surface area contributed by atoms with Gasteiger partial charge in [-0.25, -0.2) is 4.98 Å². The van der Waals surface area contributed by atoms with Crippen LogP contribution in [0.25, 0.3) is 11.0 Å². The number of para-hydroxylation sites is 2. The van der Waals surface area contributed by atoms with Crippen LogP contribution in [0.3, 0.4) is 0 Å². The Morgan fingerprint density at radius 3 is 2.11 bits per heavy atom. The number of aryl methyl sites for hydroxylation is 2. The van der Waals surface area contributed by atoms with Gasteiger partial charge >= 0.3 is 11.1 Å². The van der Waals surface area contributed by atoms with Crippen LogP contribution in [0.4, 0.5) is 5.82 Å². The Hall–Kier alpha value is -4.20. The number of aromatic nitrogens is 3. The fraction of sp³-hybridized carbons (Fsp3) is 0.286. The first-order valence-electron chi connectivity index (χ1n) is 12.2. The van der Waals surface area contributed by atoms with E-state index >= 15 is 0 Å². The summed E-state index contributed by atoms with van der Waals surface area (Å²) in [5.41, 5.74) is 2.24. The van der Waals surface area contributed by atoms with E-state index in [-0.39, 0.29) is 18.9 Å². The van der Waals surface area contributed by atoms with Crippen LogP contribution in [0, 0.1) is 6.92 Å². The summed E-state index contributed by atoms with van der Waals surface area (Å²) in [4.78, 5) is 47.6. The van der Waals surface area contributed by atoms with E-state index in [1.165, 1.54) is 9.13 Å². The average molecular weight is 484 g/mol. The summed E-state index contributed by atoms with van der Waals surface area (Å²) in [6.45, 7) is 5.11. The van der Waals surface area contributed by atoms with Crippen molar-refractivity contribution in [3.63, 3.8) is 0 Å². The van der Waals surface area contributed by atoms with Gasteiger partial charge in [-0.1, -0.05) is 48.0 Å². The Labute approximate surface area is 209 Å². The van der Waals surface area contributed by atoms with Crippen LogP contribution in [0.15, 0.2) is 82.5 Å². The van der Waals surface area contributed by atoms with Crippen LogP contribution in [-0.2, 0) is 17.9 Å². The molecule has 1 amide bonds. The van der Waals surface area contributed by atoms with E-state index in [4.69, 9.17) is 0 Å². The SMILES string of the molecule is Cc1ccc(Cn2c(=O)c(=O)n(CCC(=O)N3CCN(c4ccccn4)CC3)c3ccccc32)cc1. The number of hydrogen-bond donors (Lipinski definition) is 0. The first kappa shape index (κ1) is 23.5. The van der Waals surface area contributed by atoms with E-state index in [0.29, 0.717) is 43.8 Å². The summed E-state index contributed by atoms with van der Waals surface area (Å²) in [7, 11) is 0. The monoisotopic (exact) mass is 483 g/mol. The molecule has 8 nitrogen and oxygen atoms in total. The standard InChI is InChI=1S/C28H29N5O3/c1-21-9-11-22(12-10-21)20-33-24-7-3-2-6-23(24)32(27(35)28(33)36)15-13-26(34)31-18-16-30(17-19-31)25-8-4-5-14-29-25/h2-12,14H,13,15-20H2,1H3. The molecule has 0 N–H and O–H groups in total. The Morgan fingerprint density at radius 1 is 0.806 bits per heavy atom. The van der Waals surface area contributed by atoms with Gasteiger partial charge in [0, 0.05) is 45.3 Å². The van der Waals surface area contributed by atoms with Crippen LogP contribution in [0.2, 0.25) is 0 Å². The second kappa shape index (κ2) is 10.2. The maximum absolute atomic E-state index is 13.1. The minimum atomic E-state index is -0.603. The lowest BCUT2D eigenvalue weighted by Gasteiger charge is -2.35. The number of benzene rings is 2. The van der Waals surface area contributed by atoms with E-state index in [0.717, 1.165) is 16.9 Å². The van der Waals surface area contributed by atoms with Crippen LogP contribution in [0.1, 0.15) is 17.5 Å². The number of nitrogens with zero attached hydrogens (tertiary/aromatic N) is 5. The first-order valence-corrected chi connectivity index (χ1v) is 12.2. The molecule has 36 heavy (non-hydrogen) atoms. The van der Waals surface area contributed by atoms with Gasteiger partial charge in [-0.3, -0.25) is 19.0 Å². The van der Waals surface area contributed by atoms with Crippen molar-refractivity contribution in [2.24, 2.45) is 0 Å². The highest BCUT2D eigenvalue weighted by Crippen LogP contribution is 2.15. The number of fused-ring (bicyclic) bond motifs is 1. The van der Waals surface area contributed by atoms with Crippen molar-refractivity contribution in [3.05, 3.63) is 105 Å². The molecule has 0 radical (unpaired) electrons. The lowest BCUT2D eigenvalue weighted by Crippen LogP contribution is -2.49. The molecule has 1 fully saturated rings. The maximum Gasteiger partial charge on any atom is 0.317 e. The highest BCUT2D eigenvalue weighted by atomic mass is 16.2. The van der Waals surface area contributed by atoms with E-state index in [2.05, 4.69) is 9.88 Å². The molecular weight excluding hydrogens is 454 g/mol. The number of carbonyl (C=O) groups is 1. The van der Waals surface area contributed by atoms with E-state index in [1.807, 2.05) is 78.6 Å². The zero-order valence-corrected chi connectivity index (χ0v) is 20.3. The quantitative estimate of drug-likeness (QED) is 0.394. The fourth-order valence-electron chi connectivity index (χ4n) is 4.72. The van der Waals surface area contributed by atoms with Crippen molar-refractivity contribution < 1.29 is 4.79 Å². The van der Waals surface area contributed by atoms with Crippen LogP contribution >= 0.6 is 0 Å². The summed E-state index contributed by atoms with van der Waals surface area (Å²) in [5, 5.41) is 0. The number of hydrogen-bond acceptors (Lipinski definition) is 5. The van der Waals surface area contributed by atoms with Gasteiger partial charge in [0.2, 0.25) is 5.91 Å². The van der Waals surface area contributed by atoms with Crippen molar-refractivity contribution in [3.8, 4) is 0 Å². The van der Waals surface area contributed by atoms with Crippen molar-refractivity contribution in [2.45, 2.75) is 26.4 Å². The molecular formula is C28H29N5O3. The Morgan fingerprint density at radius 2 is 1.44 bits per heavy atom. The smallest absolute Gasteiger partial charge is 0.317 e. The van der Waals surface area contributed by atoms with Crippen molar-refractivity contribution in [1.82, 2.24) is 19.0 Å².